The zero-order chi connectivity index (χ0) is 31.1. The van der Waals surface area contributed by atoms with Gasteiger partial charge in [-0.15, -0.1) is 0 Å². The van der Waals surface area contributed by atoms with Crippen molar-refractivity contribution in [3.8, 4) is 22.7 Å². The largest absolute Gasteiger partial charge is 0.496 e. The van der Waals surface area contributed by atoms with E-state index in [1.165, 1.54) is 42.3 Å². The molecule has 0 bridgehead atoms. The predicted molar refractivity (Wildman–Crippen MR) is 158 cm³/mol. The fourth-order valence-corrected chi connectivity index (χ4v) is 6.57. The van der Waals surface area contributed by atoms with Gasteiger partial charge in [0.15, 0.2) is 11.5 Å². The number of aromatic nitrogens is 4. The number of fused-ring (bicyclic) bond motifs is 5. The first-order valence-corrected chi connectivity index (χ1v) is 14.8. The number of nitrogens with zero attached hydrogens (tertiary/aromatic N) is 6. The van der Waals surface area contributed by atoms with Crippen molar-refractivity contribution >= 4 is 34.4 Å². The van der Waals surface area contributed by atoms with E-state index in [-0.39, 0.29) is 70.9 Å². The number of rotatable bonds is 5. The van der Waals surface area contributed by atoms with Crippen molar-refractivity contribution in [2.45, 2.75) is 43.6 Å². The number of carbonyl (C=O) groups excluding carboxylic acids is 1. The van der Waals surface area contributed by atoms with Crippen LogP contribution in [0.1, 0.15) is 48.9 Å². The van der Waals surface area contributed by atoms with E-state index < -0.39 is 35.2 Å². The van der Waals surface area contributed by atoms with Gasteiger partial charge in [0, 0.05) is 30.3 Å². The van der Waals surface area contributed by atoms with Gasteiger partial charge in [0.2, 0.25) is 5.91 Å². The summed E-state index contributed by atoms with van der Waals surface area (Å²) in [5, 5.41) is 12.5. The second-order valence-electron chi connectivity index (χ2n) is 11.8. The number of ether oxygens (including phenoxy) is 1. The zero-order valence-electron chi connectivity index (χ0n) is 24.1. The number of amides is 2. The molecular weight excluding hydrogens is 588 g/mol. The van der Waals surface area contributed by atoms with Crippen LogP contribution in [-0.2, 0) is 4.79 Å². The van der Waals surface area contributed by atoms with Crippen molar-refractivity contribution in [3.63, 3.8) is 0 Å². The van der Waals surface area contributed by atoms with E-state index in [2.05, 4.69) is 20.3 Å². The predicted octanol–water partition coefficient (Wildman–Crippen LogP) is 4.01. The molecule has 2 aliphatic carbocycles. The molecule has 4 aliphatic rings. The molecule has 230 valence electrons. The maximum atomic E-state index is 16.2. The Bertz CT molecular complexity index is 1980. The number of pyridine rings is 2. The van der Waals surface area contributed by atoms with Crippen LogP contribution >= 0.6 is 0 Å². The van der Waals surface area contributed by atoms with E-state index >= 15 is 8.78 Å². The van der Waals surface area contributed by atoms with Crippen molar-refractivity contribution < 1.29 is 28.2 Å². The maximum Gasteiger partial charge on any atom is 0.407 e. The van der Waals surface area contributed by atoms with E-state index in [1.54, 1.807) is 4.90 Å². The maximum absolute atomic E-state index is 16.2. The van der Waals surface area contributed by atoms with Crippen molar-refractivity contribution in [2.75, 3.05) is 37.0 Å². The number of hydrogen-bond donors (Lipinski definition) is 2. The van der Waals surface area contributed by atoms with Crippen molar-refractivity contribution in [1.29, 1.82) is 0 Å². The Morgan fingerprint density at radius 2 is 1.73 bits per heavy atom. The monoisotopic (exact) mass is 615 g/mol. The van der Waals surface area contributed by atoms with Gasteiger partial charge >= 0.3 is 6.09 Å². The lowest BCUT2D eigenvalue weighted by Crippen LogP contribution is -2.61. The molecule has 2 amide bonds. The van der Waals surface area contributed by atoms with Crippen LogP contribution in [0.15, 0.2) is 35.4 Å². The average Bonchev–Trinajstić information content (AvgIpc) is 3.95. The lowest BCUT2D eigenvalue weighted by molar-refractivity contribution is -0.118. The molecule has 1 aromatic carbocycles. The third-order valence-electron chi connectivity index (χ3n) is 9.03. The first-order valence-electron chi connectivity index (χ1n) is 14.8. The summed E-state index contributed by atoms with van der Waals surface area (Å²) in [4.78, 5) is 56.4. The smallest absolute Gasteiger partial charge is 0.407 e. The first kappa shape index (κ1) is 27.4. The molecule has 5 heterocycles. The number of methoxy groups -OCH3 is 1. The molecule has 8 rings (SSSR count). The Morgan fingerprint density at radius 3 is 2.38 bits per heavy atom. The lowest BCUT2D eigenvalue weighted by Gasteiger charge is -2.44. The summed E-state index contributed by atoms with van der Waals surface area (Å²) >= 11 is 0. The van der Waals surface area contributed by atoms with E-state index in [0.717, 1.165) is 30.6 Å². The van der Waals surface area contributed by atoms with Gasteiger partial charge in [0.1, 0.15) is 35.3 Å². The molecule has 1 atom stereocenters. The topological polar surface area (TPSA) is 143 Å². The van der Waals surface area contributed by atoms with Crippen LogP contribution in [0.25, 0.3) is 28.0 Å². The molecule has 12 nitrogen and oxygen atoms in total. The number of piperazine rings is 1. The second kappa shape index (κ2) is 9.94. The highest BCUT2D eigenvalue weighted by atomic mass is 19.1. The highest BCUT2D eigenvalue weighted by molar-refractivity contribution is 6.10. The van der Waals surface area contributed by atoms with E-state index in [0.29, 0.717) is 17.1 Å². The summed E-state index contributed by atoms with van der Waals surface area (Å²) in [5.41, 5.74) is 0.820. The van der Waals surface area contributed by atoms with Crippen LogP contribution in [0.2, 0.25) is 0 Å². The standard InChI is InChI=1S/C31H27F2N7O5/c1-45-20-4-2-3-17(32)21(20)24-18(33)11-16-26-25(37-29(41)19-12-38(31(43)44)9-10-39(19)26)30(42)40(28(16)36-24)27-22(14-5-6-14)34-13-35-23(27)15-7-8-15/h2-4,11,13-15,19H,5-10,12H2,1H3,(H,37,41)(H,43,44)/t19-/m1/s1. The Balaban J connectivity index is 1.47. The van der Waals surface area contributed by atoms with Crippen LogP contribution < -0.4 is 20.5 Å². The summed E-state index contributed by atoms with van der Waals surface area (Å²) in [6.07, 6.45) is 3.81. The molecule has 4 aromatic rings. The van der Waals surface area contributed by atoms with E-state index in [9.17, 15) is 19.5 Å². The van der Waals surface area contributed by atoms with Gasteiger partial charge in [-0.05, 0) is 43.9 Å². The third-order valence-corrected chi connectivity index (χ3v) is 9.03. The average molecular weight is 616 g/mol. The molecule has 1 saturated heterocycles. The van der Waals surface area contributed by atoms with Crippen molar-refractivity contribution in [3.05, 3.63) is 64.0 Å². The molecule has 2 saturated carbocycles. The summed E-state index contributed by atoms with van der Waals surface area (Å²) < 4.78 is 38.2. The SMILES string of the molecule is COc1cccc(F)c1-c1nc2c(cc1F)c1c(c(=O)n2-c2c(C3CC3)ncnc2C2CC2)NC(=O)[C@H]2CN(C(=O)O)CCN12. The van der Waals surface area contributed by atoms with E-state index in [1.807, 2.05) is 0 Å². The number of anilines is 2. The number of carboxylic acid groups (broad SMARTS) is 1. The molecule has 0 radical (unpaired) electrons. The molecule has 3 fully saturated rings. The van der Waals surface area contributed by atoms with Crippen LogP contribution in [0.4, 0.5) is 25.0 Å². The van der Waals surface area contributed by atoms with Gasteiger partial charge in [-0.3, -0.25) is 14.2 Å². The van der Waals surface area contributed by atoms with Crippen LogP contribution in [0.5, 0.6) is 5.75 Å². The fourth-order valence-electron chi connectivity index (χ4n) is 6.57. The number of carbonyl (C=O) groups is 2. The zero-order valence-corrected chi connectivity index (χ0v) is 24.1. The van der Waals surface area contributed by atoms with Crippen LogP contribution in [0.3, 0.4) is 0 Å². The molecule has 2 aliphatic heterocycles. The second-order valence-corrected chi connectivity index (χ2v) is 11.8. The summed E-state index contributed by atoms with van der Waals surface area (Å²) in [7, 11) is 1.34. The molecule has 0 spiro atoms. The molecule has 45 heavy (non-hydrogen) atoms. The number of benzene rings is 1. The normalized spacial score (nSPS) is 19.3. The number of halogens is 2. The molecule has 3 aromatic heterocycles. The highest BCUT2D eigenvalue weighted by Gasteiger charge is 2.43. The van der Waals surface area contributed by atoms with E-state index in [4.69, 9.17) is 4.74 Å². The third kappa shape index (κ3) is 4.22. The Kier molecular flexibility index (Phi) is 6.05. The quantitative estimate of drug-likeness (QED) is 0.341. The Labute approximate surface area is 254 Å². The first-order chi connectivity index (χ1) is 21.8. The summed E-state index contributed by atoms with van der Waals surface area (Å²) in [5.74, 6) is -1.94. The molecule has 2 N–H and O–H groups in total. The molecular formula is C31H27F2N7O5. The number of nitrogens with one attached hydrogen (secondary N) is 1. The van der Waals surface area contributed by atoms with Gasteiger partial charge in [-0.25, -0.2) is 28.5 Å². The molecule has 14 heteroatoms. The minimum absolute atomic E-state index is 0.0367. The Morgan fingerprint density at radius 1 is 1.02 bits per heavy atom. The number of hydrogen-bond acceptors (Lipinski definition) is 8. The van der Waals surface area contributed by atoms with Crippen molar-refractivity contribution in [1.82, 2.24) is 24.4 Å². The van der Waals surface area contributed by atoms with Gasteiger partial charge in [0.05, 0.1) is 42.0 Å². The van der Waals surface area contributed by atoms with Gasteiger partial charge in [-0.2, -0.15) is 0 Å². The summed E-state index contributed by atoms with van der Waals surface area (Å²) in [6.45, 7) is -0.000931. The Hall–Kier alpha value is -5.14. The summed E-state index contributed by atoms with van der Waals surface area (Å²) in [6, 6.07) is 4.33. The molecule has 0 unspecified atom stereocenters. The lowest BCUT2D eigenvalue weighted by atomic mass is 10.0. The van der Waals surface area contributed by atoms with Gasteiger partial charge in [0.25, 0.3) is 5.56 Å². The van der Waals surface area contributed by atoms with Crippen LogP contribution in [-0.4, -0.2) is 74.3 Å². The highest BCUT2D eigenvalue weighted by Crippen LogP contribution is 2.48. The fraction of sp³-hybridized carbons (Fsp3) is 0.355. The minimum atomic E-state index is -1.17. The van der Waals surface area contributed by atoms with Gasteiger partial charge < -0.3 is 25.0 Å². The van der Waals surface area contributed by atoms with Gasteiger partial charge in [-0.1, -0.05) is 6.07 Å². The van der Waals surface area contributed by atoms with Crippen molar-refractivity contribution in [2.24, 2.45) is 0 Å². The minimum Gasteiger partial charge on any atom is -0.496 e. The van der Waals surface area contributed by atoms with Crippen LogP contribution in [0, 0.1) is 11.6 Å².